The maximum Gasteiger partial charge on any atom is 0.232 e. The molecule has 5 nitrogen and oxygen atoms in total. The zero-order chi connectivity index (χ0) is 13.0. The fraction of sp³-hybridized carbons (Fsp3) is 0.615. The van der Waals surface area contributed by atoms with E-state index < -0.39 is 0 Å². The van der Waals surface area contributed by atoms with Crippen LogP contribution in [0.5, 0.6) is 5.88 Å². The highest BCUT2D eigenvalue weighted by Crippen LogP contribution is 2.18. The molecule has 1 saturated heterocycles. The van der Waals surface area contributed by atoms with Gasteiger partial charge in [-0.3, -0.25) is 9.69 Å². The van der Waals surface area contributed by atoms with E-state index in [4.69, 9.17) is 4.74 Å². The highest BCUT2D eigenvalue weighted by molar-refractivity contribution is 5.70. The molecule has 0 N–H and O–H groups in total. The molecular weight excluding hydrogens is 230 g/mol. The maximum atomic E-state index is 10.4. The van der Waals surface area contributed by atoms with E-state index in [0.717, 1.165) is 19.0 Å². The molecule has 1 aliphatic heterocycles. The van der Waals surface area contributed by atoms with Gasteiger partial charge in [-0.1, -0.05) is 6.92 Å². The minimum Gasteiger partial charge on any atom is -0.475 e. The van der Waals surface area contributed by atoms with E-state index in [9.17, 15) is 4.79 Å². The Bertz CT molecular complexity index is 394. The van der Waals surface area contributed by atoms with Gasteiger partial charge in [0.1, 0.15) is 12.3 Å². The Labute approximate surface area is 107 Å². The fourth-order valence-electron chi connectivity index (χ4n) is 2.14. The molecule has 0 bridgehead atoms. The summed E-state index contributed by atoms with van der Waals surface area (Å²) in [6.07, 6.45) is 4.84. The van der Waals surface area contributed by atoms with E-state index >= 15 is 0 Å². The summed E-state index contributed by atoms with van der Waals surface area (Å²) >= 11 is 0. The second-order valence-electron chi connectivity index (χ2n) is 4.95. The molecule has 2 heterocycles. The van der Waals surface area contributed by atoms with Crippen LogP contribution in [0.15, 0.2) is 12.4 Å². The number of hydrogen-bond acceptors (Lipinski definition) is 5. The van der Waals surface area contributed by atoms with Crippen LogP contribution < -0.4 is 4.74 Å². The minimum absolute atomic E-state index is 0.323. The Kier molecular flexibility index (Phi) is 4.25. The molecule has 0 amide bonds. The van der Waals surface area contributed by atoms with Crippen LogP contribution in [0.2, 0.25) is 0 Å². The molecule has 1 aromatic rings. The number of likely N-dealkylation sites (tertiary alicyclic amines) is 1. The molecule has 98 valence electrons. The summed E-state index contributed by atoms with van der Waals surface area (Å²) in [7, 11) is 0. The highest BCUT2D eigenvalue weighted by Gasteiger charge is 2.23. The number of carbonyl (C=O) groups is 1. The number of hydrogen-bond donors (Lipinski definition) is 0. The van der Waals surface area contributed by atoms with Crippen LogP contribution >= 0.6 is 0 Å². The molecule has 0 radical (unpaired) electrons. The van der Waals surface area contributed by atoms with Crippen molar-refractivity contribution in [1.82, 2.24) is 14.9 Å². The molecule has 0 saturated carbocycles. The normalized spacial score (nSPS) is 21.8. The molecule has 0 aliphatic carbocycles. The summed E-state index contributed by atoms with van der Waals surface area (Å²) in [5, 5.41) is 0. The SMILES string of the molecule is C[C@@H]1CCN([C@@H](C)COc2cnc(C=O)cn2)C1. The van der Waals surface area contributed by atoms with Crippen LogP contribution in [0.3, 0.4) is 0 Å². The molecule has 0 aromatic carbocycles. The summed E-state index contributed by atoms with van der Waals surface area (Å²) in [6, 6.07) is 0.377. The first-order valence-corrected chi connectivity index (χ1v) is 6.33. The summed E-state index contributed by atoms with van der Waals surface area (Å²) in [4.78, 5) is 20.8. The van der Waals surface area contributed by atoms with E-state index in [1.54, 1.807) is 0 Å². The largest absolute Gasteiger partial charge is 0.475 e. The Morgan fingerprint density at radius 3 is 2.94 bits per heavy atom. The van der Waals surface area contributed by atoms with Gasteiger partial charge in [-0.15, -0.1) is 0 Å². The van der Waals surface area contributed by atoms with Gasteiger partial charge in [-0.05, 0) is 25.8 Å². The third-order valence-electron chi connectivity index (χ3n) is 3.32. The van der Waals surface area contributed by atoms with Gasteiger partial charge in [-0.25, -0.2) is 9.97 Å². The Morgan fingerprint density at radius 1 is 1.56 bits per heavy atom. The average Bonchev–Trinajstić information content (AvgIpc) is 2.83. The summed E-state index contributed by atoms with van der Waals surface area (Å²) in [5.74, 6) is 1.25. The minimum atomic E-state index is 0.323. The molecule has 2 rings (SSSR count). The summed E-state index contributed by atoms with van der Waals surface area (Å²) in [6.45, 7) is 7.31. The fourth-order valence-corrected chi connectivity index (χ4v) is 2.14. The standard InChI is InChI=1S/C13H19N3O2/c1-10-3-4-16(7-10)11(2)9-18-13-6-14-12(8-17)5-15-13/h5-6,8,10-11H,3-4,7,9H2,1-2H3/t10-,11+/m1/s1. The Balaban J connectivity index is 1.81. The molecule has 1 aromatic heterocycles. The number of aromatic nitrogens is 2. The van der Waals surface area contributed by atoms with Crippen molar-refractivity contribution < 1.29 is 9.53 Å². The van der Waals surface area contributed by atoms with Crippen molar-refractivity contribution in [1.29, 1.82) is 0 Å². The van der Waals surface area contributed by atoms with Gasteiger partial charge in [0.25, 0.3) is 0 Å². The maximum absolute atomic E-state index is 10.4. The van der Waals surface area contributed by atoms with Gasteiger partial charge in [0.2, 0.25) is 5.88 Å². The summed E-state index contributed by atoms with van der Waals surface area (Å²) < 4.78 is 5.58. The molecule has 0 spiro atoms. The smallest absolute Gasteiger partial charge is 0.232 e. The Morgan fingerprint density at radius 2 is 2.39 bits per heavy atom. The number of ether oxygens (including phenoxy) is 1. The number of carbonyl (C=O) groups excluding carboxylic acids is 1. The quantitative estimate of drug-likeness (QED) is 0.738. The Hall–Kier alpha value is -1.49. The van der Waals surface area contributed by atoms with Crippen molar-refractivity contribution >= 4 is 6.29 Å². The van der Waals surface area contributed by atoms with Crippen LogP contribution in [0.1, 0.15) is 30.8 Å². The van der Waals surface area contributed by atoms with Gasteiger partial charge in [0, 0.05) is 12.6 Å². The molecular formula is C13H19N3O2. The molecule has 1 fully saturated rings. The highest BCUT2D eigenvalue weighted by atomic mass is 16.5. The van der Waals surface area contributed by atoms with E-state index in [1.165, 1.54) is 18.8 Å². The molecule has 1 aliphatic rings. The van der Waals surface area contributed by atoms with Crippen LogP contribution in [0, 0.1) is 5.92 Å². The number of rotatable bonds is 5. The van der Waals surface area contributed by atoms with Crippen molar-refractivity contribution in [3.63, 3.8) is 0 Å². The second kappa shape index (κ2) is 5.91. The summed E-state index contributed by atoms with van der Waals surface area (Å²) in [5.41, 5.74) is 0.323. The third kappa shape index (κ3) is 3.26. The lowest BCUT2D eigenvalue weighted by Crippen LogP contribution is -2.35. The number of aldehydes is 1. The van der Waals surface area contributed by atoms with Crippen LogP contribution in [0.25, 0.3) is 0 Å². The van der Waals surface area contributed by atoms with Gasteiger partial charge in [-0.2, -0.15) is 0 Å². The van der Waals surface area contributed by atoms with Gasteiger partial charge >= 0.3 is 0 Å². The van der Waals surface area contributed by atoms with E-state index in [0.29, 0.717) is 30.5 Å². The van der Waals surface area contributed by atoms with E-state index in [-0.39, 0.29) is 0 Å². The van der Waals surface area contributed by atoms with Crippen molar-refractivity contribution in [2.24, 2.45) is 5.92 Å². The zero-order valence-corrected chi connectivity index (χ0v) is 10.9. The number of nitrogens with zero attached hydrogens (tertiary/aromatic N) is 3. The first-order chi connectivity index (χ1) is 8.69. The lowest BCUT2D eigenvalue weighted by Gasteiger charge is -2.23. The second-order valence-corrected chi connectivity index (χ2v) is 4.95. The van der Waals surface area contributed by atoms with Crippen LogP contribution in [-0.4, -0.2) is 46.9 Å². The predicted molar refractivity (Wildman–Crippen MR) is 67.7 cm³/mol. The molecule has 5 heteroatoms. The first-order valence-electron chi connectivity index (χ1n) is 6.33. The van der Waals surface area contributed by atoms with Crippen molar-refractivity contribution in [3.05, 3.63) is 18.1 Å². The van der Waals surface area contributed by atoms with Crippen LogP contribution in [0.4, 0.5) is 0 Å². The van der Waals surface area contributed by atoms with Gasteiger partial charge in [0.05, 0.1) is 12.4 Å². The van der Waals surface area contributed by atoms with Gasteiger partial charge in [0.15, 0.2) is 6.29 Å². The predicted octanol–water partition coefficient (Wildman–Crippen LogP) is 1.40. The molecule has 2 atom stereocenters. The van der Waals surface area contributed by atoms with Crippen LogP contribution in [-0.2, 0) is 0 Å². The lowest BCUT2D eigenvalue weighted by molar-refractivity contribution is 0.111. The van der Waals surface area contributed by atoms with Crippen molar-refractivity contribution in [2.45, 2.75) is 26.3 Å². The van der Waals surface area contributed by atoms with Crippen molar-refractivity contribution in [2.75, 3.05) is 19.7 Å². The van der Waals surface area contributed by atoms with Crippen molar-refractivity contribution in [3.8, 4) is 5.88 Å². The molecule has 0 unspecified atom stereocenters. The lowest BCUT2D eigenvalue weighted by atomic mass is 10.2. The van der Waals surface area contributed by atoms with E-state index in [2.05, 4.69) is 28.7 Å². The first kappa shape index (κ1) is 13.0. The average molecular weight is 249 g/mol. The topological polar surface area (TPSA) is 55.3 Å². The monoisotopic (exact) mass is 249 g/mol. The molecule has 18 heavy (non-hydrogen) atoms. The third-order valence-corrected chi connectivity index (χ3v) is 3.32. The zero-order valence-electron chi connectivity index (χ0n) is 10.9. The van der Waals surface area contributed by atoms with E-state index in [1.807, 2.05) is 0 Å². The van der Waals surface area contributed by atoms with Gasteiger partial charge < -0.3 is 4.74 Å².